The number of nitrogens with zero attached hydrogens (tertiary/aromatic N) is 1. The fourth-order valence-electron chi connectivity index (χ4n) is 9.84. The number of ether oxygens (including phenoxy) is 8. The minimum Gasteiger partial charge on any atom is -0.394 e. The number of aliphatic hydroxyl groups is 12. The highest BCUT2D eigenvalue weighted by Crippen LogP contribution is 2.44. The highest BCUT2D eigenvalue weighted by atomic mass is 16.7. The summed E-state index contributed by atoms with van der Waals surface area (Å²) in [6, 6.07) is 0. The van der Waals surface area contributed by atoms with Crippen molar-refractivity contribution in [2.45, 2.75) is 175 Å². The number of hydrogen-bond donors (Lipinski definition) is 13. The van der Waals surface area contributed by atoms with Gasteiger partial charge in [-0.25, -0.2) is 0 Å². The molecule has 0 aromatic heterocycles. The number of rotatable bonds is 24. The fraction of sp³-hybridized carbons (Fsp3) is 1.00. The van der Waals surface area contributed by atoms with Gasteiger partial charge in [0.25, 0.3) is 0 Å². The minimum absolute atomic E-state index is 0.0269. The van der Waals surface area contributed by atoms with Gasteiger partial charge in [0.1, 0.15) is 73.2 Å². The van der Waals surface area contributed by atoms with Crippen LogP contribution < -0.4 is 5.73 Å². The second-order valence-electron chi connectivity index (χ2n) is 18.4. The van der Waals surface area contributed by atoms with Gasteiger partial charge in [-0.15, -0.1) is 0 Å². The van der Waals surface area contributed by atoms with Crippen LogP contribution in [0.25, 0.3) is 0 Å². The molecule has 14 N–H and O–H groups in total. The maximum atomic E-state index is 11.8. The third-order valence-corrected chi connectivity index (χ3v) is 14.3. The fourth-order valence-corrected chi connectivity index (χ4v) is 9.84. The van der Waals surface area contributed by atoms with Gasteiger partial charge in [-0.1, -0.05) is 25.7 Å². The van der Waals surface area contributed by atoms with Gasteiger partial charge in [-0.05, 0) is 63.5 Å². The van der Waals surface area contributed by atoms with Crippen molar-refractivity contribution in [3.05, 3.63) is 0 Å². The summed E-state index contributed by atoms with van der Waals surface area (Å²) < 4.78 is 47.5. The van der Waals surface area contributed by atoms with E-state index < -0.39 is 149 Å². The molecule has 6 fully saturated rings. The van der Waals surface area contributed by atoms with Crippen molar-refractivity contribution in [3.8, 4) is 0 Å². The molecule has 0 bridgehead atoms. The number of hydrogen-bond acceptors (Lipinski definition) is 22. The second-order valence-corrected chi connectivity index (χ2v) is 18.4. The average molecular weight is 929 g/mol. The van der Waals surface area contributed by atoms with Gasteiger partial charge >= 0.3 is 0 Å². The lowest BCUT2D eigenvalue weighted by atomic mass is 9.69. The van der Waals surface area contributed by atoms with E-state index in [1.54, 1.807) is 0 Å². The van der Waals surface area contributed by atoms with Crippen LogP contribution in [0.5, 0.6) is 0 Å². The predicted octanol–water partition coefficient (Wildman–Crippen LogP) is -4.80. The molecule has 4 saturated heterocycles. The molecule has 0 radical (unpaired) electrons. The predicted molar refractivity (Wildman–Crippen MR) is 218 cm³/mol. The topological polar surface area (TPSA) is 346 Å². The van der Waals surface area contributed by atoms with Crippen molar-refractivity contribution in [2.75, 3.05) is 65.8 Å². The molecule has 4 heterocycles. The van der Waals surface area contributed by atoms with E-state index >= 15 is 0 Å². The normalized spacial score (nSPS) is 43.6. The van der Waals surface area contributed by atoms with Crippen molar-refractivity contribution in [1.29, 1.82) is 0 Å². The molecule has 22 heteroatoms. The van der Waals surface area contributed by atoms with Crippen molar-refractivity contribution in [2.24, 2.45) is 29.4 Å². The first kappa shape index (κ1) is 52.5. The first-order chi connectivity index (χ1) is 30.8. The van der Waals surface area contributed by atoms with Crippen LogP contribution in [0.3, 0.4) is 0 Å². The van der Waals surface area contributed by atoms with E-state index in [0.717, 1.165) is 51.4 Å². The van der Waals surface area contributed by atoms with Gasteiger partial charge in [0.05, 0.1) is 51.8 Å². The molecule has 374 valence electrons. The summed E-state index contributed by atoms with van der Waals surface area (Å²) in [6.45, 7) is -0.363. The Kier molecular flexibility index (Phi) is 20.6. The summed E-state index contributed by atoms with van der Waals surface area (Å²) in [4.78, 5) is 2.05. The molecule has 0 aromatic carbocycles. The average Bonchev–Trinajstić information content (AvgIpc) is 3.25. The van der Waals surface area contributed by atoms with E-state index in [9.17, 15) is 61.3 Å². The van der Waals surface area contributed by atoms with Gasteiger partial charge in [0, 0.05) is 24.9 Å². The van der Waals surface area contributed by atoms with E-state index in [1.807, 2.05) is 0 Å². The monoisotopic (exact) mass is 928 g/mol. The summed E-state index contributed by atoms with van der Waals surface area (Å²) >= 11 is 0. The zero-order valence-corrected chi connectivity index (χ0v) is 36.5. The SMILES string of the molecule is NCCCCCCN(CCO[C@H]1OC(CO[C@H]2OC(CO)[C@@H](O)C(O)C2O)[C@@H](O)C(O[C@H]2OC(CO)[C@@H](O)C(O)C2C2CCC2)C1O)CCO[C@H]1OC(CO)[C@@H](O)C(C2CCC2)C1O. The van der Waals surface area contributed by atoms with E-state index in [1.165, 1.54) is 0 Å². The van der Waals surface area contributed by atoms with Gasteiger partial charge in [0.15, 0.2) is 25.2 Å². The Morgan fingerprint density at radius 2 is 0.953 bits per heavy atom. The number of unbranched alkanes of at least 4 members (excludes halogenated alkanes) is 3. The van der Waals surface area contributed by atoms with E-state index in [2.05, 4.69) is 4.90 Å². The van der Waals surface area contributed by atoms with Crippen molar-refractivity contribution < 1.29 is 99.2 Å². The van der Waals surface area contributed by atoms with Crippen LogP contribution in [-0.2, 0) is 37.9 Å². The van der Waals surface area contributed by atoms with E-state index in [-0.39, 0.29) is 25.0 Å². The first-order valence-electron chi connectivity index (χ1n) is 23.3. The van der Waals surface area contributed by atoms with Crippen molar-refractivity contribution in [1.82, 2.24) is 4.90 Å². The van der Waals surface area contributed by atoms with Crippen LogP contribution >= 0.6 is 0 Å². The van der Waals surface area contributed by atoms with E-state index in [4.69, 9.17) is 43.6 Å². The van der Waals surface area contributed by atoms with Crippen molar-refractivity contribution in [3.63, 3.8) is 0 Å². The lowest BCUT2D eigenvalue weighted by molar-refractivity contribution is -0.365. The van der Waals surface area contributed by atoms with Crippen LogP contribution in [0, 0.1) is 23.7 Å². The van der Waals surface area contributed by atoms with Crippen LogP contribution in [0.1, 0.15) is 64.2 Å². The van der Waals surface area contributed by atoms with Crippen LogP contribution in [-0.4, -0.2) is 243 Å². The quantitative estimate of drug-likeness (QED) is 0.0404. The summed E-state index contributed by atoms with van der Waals surface area (Å²) in [6.07, 6.45) is -16.4. The van der Waals surface area contributed by atoms with Gasteiger partial charge in [0.2, 0.25) is 0 Å². The molecule has 6 rings (SSSR count). The van der Waals surface area contributed by atoms with Crippen LogP contribution in [0.2, 0.25) is 0 Å². The highest BCUT2D eigenvalue weighted by molar-refractivity contribution is 4.98. The highest BCUT2D eigenvalue weighted by Gasteiger charge is 2.54. The molecule has 64 heavy (non-hydrogen) atoms. The smallest absolute Gasteiger partial charge is 0.186 e. The second kappa shape index (κ2) is 25.1. The molecule has 0 aromatic rings. The van der Waals surface area contributed by atoms with Gasteiger partial charge < -0.3 is 105 Å². The first-order valence-corrected chi connectivity index (χ1v) is 23.3. The Hall–Kier alpha value is -0.880. The molecule has 2 saturated carbocycles. The lowest BCUT2D eigenvalue weighted by Gasteiger charge is -2.50. The zero-order chi connectivity index (χ0) is 46.1. The zero-order valence-electron chi connectivity index (χ0n) is 36.5. The minimum atomic E-state index is -1.75. The molecule has 6 aliphatic rings. The number of nitrogens with two attached hydrogens (primary N) is 1. The van der Waals surface area contributed by atoms with Gasteiger partial charge in [-0.3, -0.25) is 4.90 Å². The Balaban J connectivity index is 1.13. The molecule has 2 aliphatic carbocycles. The largest absolute Gasteiger partial charge is 0.394 e. The maximum absolute atomic E-state index is 11.8. The Bertz CT molecular complexity index is 1340. The van der Waals surface area contributed by atoms with Crippen LogP contribution in [0.4, 0.5) is 0 Å². The standard InChI is InChI=1S/C42H76N2O20/c43-11-3-1-2-4-12-44(13-15-57-40-34(53)27(21-7-5-8-21)29(48)23(17-45)61-40)14-16-58-42-37(56)38(64-39-28(22-9-6-10-22)33(52)30(49)24(18-46)60-39)32(51)26(63-42)20-59-41-36(55)35(54)31(50)25(19-47)62-41/h21-42,45-56H,1-20,43H2/t23?,24?,25?,26?,27?,28?,29-,30-,31-,32-,33?,34?,35?,36?,37?,38?,39-,40+,41+,42+/m1/s1. The third-order valence-electron chi connectivity index (χ3n) is 14.3. The van der Waals surface area contributed by atoms with Crippen LogP contribution in [0.15, 0.2) is 0 Å². The molecule has 0 spiro atoms. The molecule has 20 atom stereocenters. The Labute approximate surface area is 373 Å². The molecule has 12 unspecified atom stereocenters. The maximum Gasteiger partial charge on any atom is 0.186 e. The molecular weight excluding hydrogens is 852 g/mol. The Morgan fingerprint density at radius 1 is 0.453 bits per heavy atom. The summed E-state index contributed by atoms with van der Waals surface area (Å²) in [5, 5.41) is 128. The number of aliphatic hydroxyl groups excluding tert-OH is 12. The van der Waals surface area contributed by atoms with E-state index in [0.29, 0.717) is 39.0 Å². The summed E-state index contributed by atoms with van der Waals surface area (Å²) in [5.41, 5.74) is 5.70. The van der Waals surface area contributed by atoms with Gasteiger partial charge in [-0.2, -0.15) is 0 Å². The molecule has 4 aliphatic heterocycles. The summed E-state index contributed by atoms with van der Waals surface area (Å²) in [7, 11) is 0. The molecule has 0 amide bonds. The van der Waals surface area contributed by atoms with Crippen molar-refractivity contribution >= 4 is 0 Å². The molecule has 22 nitrogen and oxygen atoms in total. The molecular formula is C42H76N2O20. The third kappa shape index (κ3) is 12.5. The summed E-state index contributed by atoms with van der Waals surface area (Å²) in [5.74, 6) is -1.28. The lowest BCUT2D eigenvalue weighted by Crippen LogP contribution is -2.65. The Morgan fingerprint density at radius 3 is 1.52 bits per heavy atom.